The molecule has 2 amide bonds. The highest BCUT2D eigenvalue weighted by molar-refractivity contribution is 5.73. The highest BCUT2D eigenvalue weighted by Gasteiger charge is 2.50. The van der Waals surface area contributed by atoms with Crippen molar-refractivity contribution < 1.29 is 104 Å². The van der Waals surface area contributed by atoms with Gasteiger partial charge in [0.1, 0.15) is 91.5 Å². The largest absolute Gasteiger partial charge is 0.394 e. The van der Waals surface area contributed by atoms with Gasteiger partial charge in [-0.1, -0.05) is 0 Å². The van der Waals surface area contributed by atoms with E-state index < -0.39 is 161 Å². The van der Waals surface area contributed by atoms with Crippen molar-refractivity contribution >= 4 is 11.8 Å². The predicted octanol–water partition coefficient (Wildman–Crippen LogP) is -9.83. The Bertz CT molecular complexity index is 1100. The van der Waals surface area contributed by atoms with Gasteiger partial charge in [-0.05, 0) is 0 Å². The summed E-state index contributed by atoms with van der Waals surface area (Å²) < 4.78 is 33.1. The molecule has 3 aliphatic heterocycles. The van der Waals surface area contributed by atoms with Crippen LogP contribution in [0.1, 0.15) is 13.8 Å². The Morgan fingerprint density at radius 2 is 1.12 bits per heavy atom. The molecule has 3 aliphatic rings. The second-order valence-corrected chi connectivity index (χ2v) is 12.5. The van der Waals surface area contributed by atoms with Gasteiger partial charge in [-0.2, -0.15) is 0 Å². The minimum absolute atomic E-state index is 0.639. The average Bonchev–Trinajstić information content (AvgIpc) is 3.09. The molecule has 0 spiro atoms. The van der Waals surface area contributed by atoms with E-state index in [-0.39, 0.29) is 0 Å². The molecule has 0 aliphatic carbocycles. The van der Waals surface area contributed by atoms with E-state index >= 15 is 0 Å². The summed E-state index contributed by atoms with van der Waals surface area (Å²) in [5.41, 5.74) is 0. The van der Waals surface area contributed by atoms with Crippen LogP contribution >= 0.6 is 0 Å². The number of rotatable bonds is 16. The van der Waals surface area contributed by atoms with Crippen LogP contribution < -0.4 is 10.6 Å². The first-order chi connectivity index (χ1) is 24.0. The first-order valence-electron chi connectivity index (χ1n) is 16.0. The summed E-state index contributed by atoms with van der Waals surface area (Å²) >= 11 is 0. The number of nitrogens with one attached hydrogen (secondary N) is 2. The van der Waals surface area contributed by atoms with E-state index in [2.05, 4.69) is 10.6 Å². The second-order valence-electron chi connectivity index (χ2n) is 12.5. The van der Waals surface area contributed by atoms with Crippen molar-refractivity contribution in [2.45, 2.75) is 130 Å². The molecule has 23 nitrogen and oxygen atoms in total. The molecule has 0 unspecified atom stereocenters. The maximum absolute atomic E-state index is 11.7. The fourth-order valence-electron chi connectivity index (χ4n) is 5.74. The van der Waals surface area contributed by atoms with E-state index in [1.54, 1.807) is 0 Å². The zero-order valence-corrected chi connectivity index (χ0v) is 27.6. The van der Waals surface area contributed by atoms with Gasteiger partial charge in [0.25, 0.3) is 0 Å². The molecule has 0 aromatic carbocycles. The molecule has 0 aromatic heterocycles. The van der Waals surface area contributed by atoms with Crippen molar-refractivity contribution in [3.8, 4) is 0 Å². The lowest BCUT2D eigenvalue weighted by Gasteiger charge is -2.45. The Kier molecular flexibility index (Phi) is 16.7. The van der Waals surface area contributed by atoms with Gasteiger partial charge in [0.2, 0.25) is 11.8 Å². The van der Waals surface area contributed by atoms with E-state index in [9.17, 15) is 76.0 Å². The third-order valence-corrected chi connectivity index (χ3v) is 8.63. The van der Waals surface area contributed by atoms with E-state index in [0.29, 0.717) is 0 Å². The van der Waals surface area contributed by atoms with Crippen molar-refractivity contribution in [1.82, 2.24) is 10.6 Å². The van der Waals surface area contributed by atoms with E-state index in [1.165, 1.54) is 0 Å². The van der Waals surface area contributed by atoms with E-state index in [4.69, 9.17) is 28.4 Å². The molecular formula is C28H50N2O21. The number of aliphatic hydroxyl groups excluding tert-OH is 13. The zero-order valence-electron chi connectivity index (χ0n) is 27.6. The first-order valence-corrected chi connectivity index (χ1v) is 16.0. The van der Waals surface area contributed by atoms with Gasteiger partial charge in [-0.15, -0.1) is 0 Å². The summed E-state index contributed by atoms with van der Waals surface area (Å²) in [6, 6.07) is -2.79. The summed E-state index contributed by atoms with van der Waals surface area (Å²) in [4.78, 5) is 23.2. The summed E-state index contributed by atoms with van der Waals surface area (Å²) in [5, 5.41) is 138. The molecule has 0 bridgehead atoms. The van der Waals surface area contributed by atoms with Crippen LogP contribution in [0, 0.1) is 0 Å². The molecule has 0 radical (unpaired) electrons. The van der Waals surface area contributed by atoms with Crippen LogP contribution in [0.3, 0.4) is 0 Å². The Morgan fingerprint density at radius 3 is 1.61 bits per heavy atom. The summed E-state index contributed by atoms with van der Waals surface area (Å²) in [5.74, 6) is -1.32. The fraction of sp³-hybridized carbons (Fsp3) is 0.929. The Labute approximate surface area is 290 Å². The van der Waals surface area contributed by atoms with Crippen molar-refractivity contribution in [2.75, 3.05) is 33.0 Å². The molecule has 3 saturated heterocycles. The van der Waals surface area contributed by atoms with Crippen molar-refractivity contribution in [3.63, 3.8) is 0 Å². The van der Waals surface area contributed by atoms with Crippen molar-refractivity contribution in [2.24, 2.45) is 0 Å². The van der Waals surface area contributed by atoms with Crippen LogP contribution in [0.15, 0.2) is 0 Å². The molecule has 51 heavy (non-hydrogen) atoms. The number of hydrogen-bond donors (Lipinski definition) is 15. The minimum atomic E-state index is -2.03. The molecule has 15 N–H and O–H groups in total. The minimum Gasteiger partial charge on any atom is -0.394 e. The number of aliphatic hydroxyl groups is 13. The first kappa shape index (κ1) is 43.6. The number of hydrogen-bond acceptors (Lipinski definition) is 21. The molecule has 23 heteroatoms. The summed E-state index contributed by atoms with van der Waals surface area (Å²) in [6.07, 6.45) is -30.3. The summed E-state index contributed by atoms with van der Waals surface area (Å²) in [6.45, 7) is -1.84. The van der Waals surface area contributed by atoms with Crippen LogP contribution in [0.25, 0.3) is 0 Å². The number of carbonyl (C=O) groups excluding carboxylic acids is 2. The third-order valence-electron chi connectivity index (χ3n) is 8.63. The molecule has 3 heterocycles. The van der Waals surface area contributed by atoms with Gasteiger partial charge in [-0.3, -0.25) is 9.59 Å². The van der Waals surface area contributed by atoms with Crippen LogP contribution in [-0.2, 0) is 38.0 Å². The highest BCUT2D eigenvalue weighted by Crippen LogP contribution is 2.29. The molecule has 19 atom stereocenters. The topological polar surface area (TPSA) is 377 Å². The molecule has 0 saturated carbocycles. The predicted molar refractivity (Wildman–Crippen MR) is 159 cm³/mol. The molecule has 3 rings (SSSR count). The van der Waals surface area contributed by atoms with Gasteiger partial charge in [0.05, 0.1) is 39.1 Å². The highest BCUT2D eigenvalue weighted by atomic mass is 16.7. The van der Waals surface area contributed by atoms with E-state index in [1.807, 2.05) is 0 Å². The van der Waals surface area contributed by atoms with Gasteiger partial charge in [0.15, 0.2) is 18.9 Å². The Balaban J connectivity index is 1.70. The number of ether oxygens (including phenoxy) is 6. The molecule has 298 valence electrons. The van der Waals surface area contributed by atoms with Crippen LogP contribution in [-0.4, -0.2) is 228 Å². The van der Waals surface area contributed by atoms with Gasteiger partial charge in [0, 0.05) is 13.8 Å². The summed E-state index contributed by atoms with van der Waals surface area (Å²) in [7, 11) is 0. The number of carbonyl (C=O) groups is 2. The zero-order chi connectivity index (χ0) is 38.3. The van der Waals surface area contributed by atoms with Crippen molar-refractivity contribution in [3.05, 3.63) is 0 Å². The Morgan fingerprint density at radius 1 is 0.627 bits per heavy atom. The normalized spacial score (nSPS) is 41.3. The standard InChI is InChI=1S/C28H50N2O21/c1-8(34)29-10(3-31)16(37)25(11(36)4-32)51-28-24(45)22(43)19(40)14(50-28)7-47-27-23(44)21(42)18(39)13(49-27)6-46-26-15(30-9(2)35)20(41)17(38)12(5-33)48-26/h10-28,31-33,36-45H,3-7H2,1-2H3,(H,29,34)(H,30,35)/t10-,11+,12+,13+,14+,15+,16+,17+,18+,19+,20+,21-,22-,23-,24-,25+,26+,27-,28-/m0/s1. The quantitative estimate of drug-likeness (QED) is 0.0696. The van der Waals surface area contributed by atoms with Crippen LogP contribution in [0.5, 0.6) is 0 Å². The van der Waals surface area contributed by atoms with Gasteiger partial charge in [-0.25, -0.2) is 0 Å². The Hall–Kier alpha value is -1.82. The molecular weight excluding hydrogens is 700 g/mol. The smallest absolute Gasteiger partial charge is 0.217 e. The lowest BCUT2D eigenvalue weighted by Crippen LogP contribution is -2.65. The SMILES string of the molecule is CC(=O)N[C@H]1[C@H](OC[C@H]2O[C@H](OC[C@H]3O[C@@H](O[C@@H]([C@H](O)[C@H](CO)NC(C)=O)[C@H](O)CO)[C@@H](O)[C@@H](O)[C@@H]3O)[C@@H](O)[C@@H](O)[C@@H]2O)O[C@H](CO)[C@@H](O)[C@@H]1O. The monoisotopic (exact) mass is 750 g/mol. The lowest BCUT2D eigenvalue weighted by atomic mass is 9.96. The maximum Gasteiger partial charge on any atom is 0.217 e. The van der Waals surface area contributed by atoms with Crippen LogP contribution in [0.2, 0.25) is 0 Å². The molecule has 3 fully saturated rings. The number of amides is 2. The van der Waals surface area contributed by atoms with Gasteiger partial charge < -0.3 is 105 Å². The lowest BCUT2D eigenvalue weighted by molar-refractivity contribution is -0.346. The van der Waals surface area contributed by atoms with Crippen LogP contribution in [0.4, 0.5) is 0 Å². The maximum atomic E-state index is 11.7. The second kappa shape index (κ2) is 19.5. The van der Waals surface area contributed by atoms with E-state index in [0.717, 1.165) is 13.8 Å². The third kappa shape index (κ3) is 10.7. The average molecular weight is 751 g/mol. The van der Waals surface area contributed by atoms with Crippen molar-refractivity contribution in [1.29, 1.82) is 0 Å². The van der Waals surface area contributed by atoms with Gasteiger partial charge >= 0.3 is 0 Å². The molecule has 0 aromatic rings. The fourth-order valence-corrected chi connectivity index (χ4v) is 5.74.